The summed E-state index contributed by atoms with van der Waals surface area (Å²) in [7, 11) is 1.09. The Hall–Kier alpha value is -2.90. The Labute approximate surface area is 129 Å². The first kappa shape index (κ1) is 16.5. The highest BCUT2D eigenvalue weighted by Gasteiger charge is 2.22. The van der Waals surface area contributed by atoms with Crippen molar-refractivity contribution in [3.8, 4) is 11.3 Å². The first-order valence-electron chi connectivity index (χ1n) is 6.36. The van der Waals surface area contributed by atoms with E-state index < -0.39 is 40.6 Å². The lowest BCUT2D eigenvalue weighted by Crippen LogP contribution is -2.10. The van der Waals surface area contributed by atoms with Crippen molar-refractivity contribution in [2.45, 2.75) is 6.92 Å². The van der Waals surface area contributed by atoms with E-state index in [1.54, 1.807) is 0 Å². The van der Waals surface area contributed by atoms with Crippen LogP contribution in [0.4, 0.5) is 18.9 Å². The van der Waals surface area contributed by atoms with Crippen LogP contribution in [0.25, 0.3) is 11.3 Å². The SMILES string of the molecule is COC(=O)c1ccc(F)c(-c2c(F)ccc(NC(C)=O)c2F)n1. The van der Waals surface area contributed by atoms with E-state index in [0.717, 1.165) is 38.3 Å². The summed E-state index contributed by atoms with van der Waals surface area (Å²) in [4.78, 5) is 26.1. The number of aromatic nitrogens is 1. The van der Waals surface area contributed by atoms with Crippen LogP contribution in [0.3, 0.4) is 0 Å². The number of hydrogen-bond donors (Lipinski definition) is 1. The van der Waals surface area contributed by atoms with E-state index in [9.17, 15) is 22.8 Å². The summed E-state index contributed by atoms with van der Waals surface area (Å²) in [5.41, 5.74) is -2.14. The number of nitrogens with zero attached hydrogens (tertiary/aromatic N) is 1. The van der Waals surface area contributed by atoms with E-state index in [4.69, 9.17) is 0 Å². The predicted octanol–water partition coefficient (Wildman–Crippen LogP) is 2.91. The van der Waals surface area contributed by atoms with Crippen LogP contribution in [0.5, 0.6) is 0 Å². The minimum absolute atomic E-state index is 0.312. The topological polar surface area (TPSA) is 68.3 Å². The molecule has 0 aliphatic rings. The molecule has 1 aromatic carbocycles. The van der Waals surface area contributed by atoms with Gasteiger partial charge in [-0.1, -0.05) is 0 Å². The zero-order chi connectivity index (χ0) is 17.1. The van der Waals surface area contributed by atoms with Crippen molar-refractivity contribution in [3.63, 3.8) is 0 Å². The number of ether oxygens (including phenoxy) is 1. The highest BCUT2D eigenvalue weighted by molar-refractivity contribution is 5.90. The van der Waals surface area contributed by atoms with Crippen LogP contribution in [0, 0.1) is 17.5 Å². The second kappa shape index (κ2) is 6.47. The van der Waals surface area contributed by atoms with Crippen LogP contribution < -0.4 is 5.32 Å². The number of esters is 1. The van der Waals surface area contributed by atoms with Crippen molar-refractivity contribution in [2.75, 3.05) is 12.4 Å². The van der Waals surface area contributed by atoms with Crippen molar-refractivity contribution in [2.24, 2.45) is 0 Å². The van der Waals surface area contributed by atoms with Gasteiger partial charge in [-0.15, -0.1) is 0 Å². The number of carbonyl (C=O) groups excluding carboxylic acids is 2. The van der Waals surface area contributed by atoms with Gasteiger partial charge in [-0.25, -0.2) is 22.9 Å². The number of amides is 1. The number of methoxy groups -OCH3 is 1. The maximum absolute atomic E-state index is 14.4. The fraction of sp³-hybridized carbons (Fsp3) is 0.133. The molecule has 0 spiro atoms. The molecule has 0 unspecified atom stereocenters. The molecule has 2 aromatic rings. The Morgan fingerprint density at radius 2 is 1.74 bits per heavy atom. The number of nitrogens with one attached hydrogen (secondary N) is 1. The highest BCUT2D eigenvalue weighted by Crippen LogP contribution is 2.31. The molecule has 0 aliphatic carbocycles. The highest BCUT2D eigenvalue weighted by atomic mass is 19.1. The lowest BCUT2D eigenvalue weighted by atomic mass is 10.1. The predicted molar refractivity (Wildman–Crippen MR) is 75.2 cm³/mol. The Bertz CT molecular complexity index is 794. The van der Waals surface area contributed by atoms with Crippen LogP contribution in [0.1, 0.15) is 17.4 Å². The van der Waals surface area contributed by atoms with E-state index in [1.165, 1.54) is 0 Å². The molecule has 1 amide bonds. The molecule has 1 N–H and O–H groups in total. The second-order valence-corrected chi connectivity index (χ2v) is 4.48. The van der Waals surface area contributed by atoms with Gasteiger partial charge in [0, 0.05) is 6.92 Å². The number of pyridine rings is 1. The van der Waals surface area contributed by atoms with Gasteiger partial charge in [-0.2, -0.15) is 0 Å². The Morgan fingerprint density at radius 3 is 2.35 bits per heavy atom. The molecule has 0 bridgehead atoms. The summed E-state index contributed by atoms with van der Waals surface area (Å²) in [5, 5.41) is 2.16. The van der Waals surface area contributed by atoms with Crippen LogP contribution >= 0.6 is 0 Å². The molecule has 23 heavy (non-hydrogen) atoms. The summed E-state index contributed by atoms with van der Waals surface area (Å²) in [6.07, 6.45) is 0. The molecule has 120 valence electrons. The van der Waals surface area contributed by atoms with E-state index in [1.807, 2.05) is 0 Å². The summed E-state index contributed by atoms with van der Waals surface area (Å²) in [5.74, 6) is -4.79. The Morgan fingerprint density at radius 1 is 1.09 bits per heavy atom. The fourth-order valence-corrected chi connectivity index (χ4v) is 1.89. The van der Waals surface area contributed by atoms with Gasteiger partial charge in [-0.05, 0) is 24.3 Å². The van der Waals surface area contributed by atoms with Gasteiger partial charge < -0.3 is 10.1 Å². The maximum atomic E-state index is 14.4. The van der Waals surface area contributed by atoms with Gasteiger partial charge in [0.2, 0.25) is 5.91 Å². The number of halogens is 3. The van der Waals surface area contributed by atoms with Crippen LogP contribution in [0.15, 0.2) is 24.3 Å². The molecular formula is C15H11F3N2O3. The van der Waals surface area contributed by atoms with E-state index in [2.05, 4.69) is 15.0 Å². The van der Waals surface area contributed by atoms with Crippen molar-refractivity contribution in [1.82, 2.24) is 4.98 Å². The van der Waals surface area contributed by atoms with E-state index in [-0.39, 0.29) is 11.4 Å². The fourth-order valence-electron chi connectivity index (χ4n) is 1.89. The number of anilines is 1. The minimum atomic E-state index is -1.20. The molecule has 0 saturated carbocycles. The van der Waals surface area contributed by atoms with Crippen molar-refractivity contribution < 1.29 is 27.5 Å². The standard InChI is InChI=1S/C15H11F3N2O3/c1-7(21)19-10-5-3-8(16)12(13(10)18)14-9(17)4-6-11(20-14)15(22)23-2/h3-6H,1-2H3,(H,19,21). The lowest BCUT2D eigenvalue weighted by molar-refractivity contribution is -0.114. The second-order valence-electron chi connectivity index (χ2n) is 4.48. The number of hydrogen-bond acceptors (Lipinski definition) is 4. The molecule has 0 saturated heterocycles. The Balaban J connectivity index is 2.66. The first-order chi connectivity index (χ1) is 10.8. The van der Waals surface area contributed by atoms with Crippen molar-refractivity contribution in [1.29, 1.82) is 0 Å². The molecule has 0 fully saturated rings. The third-order valence-electron chi connectivity index (χ3n) is 2.88. The number of carbonyl (C=O) groups is 2. The van der Waals surface area contributed by atoms with Crippen molar-refractivity contribution >= 4 is 17.6 Å². The van der Waals surface area contributed by atoms with E-state index >= 15 is 0 Å². The van der Waals surface area contributed by atoms with Gasteiger partial charge >= 0.3 is 5.97 Å². The van der Waals surface area contributed by atoms with Gasteiger partial charge in [0.1, 0.15) is 23.0 Å². The molecule has 0 atom stereocenters. The van der Waals surface area contributed by atoms with Gasteiger partial charge in [0.05, 0.1) is 18.4 Å². The zero-order valence-electron chi connectivity index (χ0n) is 12.1. The average Bonchev–Trinajstić information content (AvgIpc) is 2.51. The lowest BCUT2D eigenvalue weighted by Gasteiger charge is -2.11. The number of benzene rings is 1. The molecule has 1 aromatic heterocycles. The quantitative estimate of drug-likeness (QED) is 0.882. The normalized spacial score (nSPS) is 10.3. The van der Waals surface area contributed by atoms with Crippen LogP contribution in [-0.4, -0.2) is 24.0 Å². The maximum Gasteiger partial charge on any atom is 0.356 e. The van der Waals surface area contributed by atoms with Gasteiger partial charge in [0.15, 0.2) is 5.82 Å². The van der Waals surface area contributed by atoms with E-state index in [0.29, 0.717) is 0 Å². The minimum Gasteiger partial charge on any atom is -0.464 e. The van der Waals surface area contributed by atoms with Crippen LogP contribution in [-0.2, 0) is 9.53 Å². The summed E-state index contributed by atoms with van der Waals surface area (Å²) >= 11 is 0. The van der Waals surface area contributed by atoms with Crippen molar-refractivity contribution in [3.05, 3.63) is 47.4 Å². The summed E-state index contributed by atoms with van der Waals surface area (Å²) in [6, 6.07) is 3.73. The monoisotopic (exact) mass is 324 g/mol. The Kier molecular flexibility index (Phi) is 4.63. The smallest absolute Gasteiger partial charge is 0.356 e. The average molecular weight is 324 g/mol. The molecule has 5 nitrogen and oxygen atoms in total. The van der Waals surface area contributed by atoms with Gasteiger partial charge in [-0.3, -0.25) is 4.79 Å². The summed E-state index contributed by atoms with van der Waals surface area (Å²) in [6.45, 7) is 1.14. The molecule has 8 heteroatoms. The summed E-state index contributed by atoms with van der Waals surface area (Å²) < 4.78 is 46.7. The third kappa shape index (κ3) is 3.31. The molecule has 0 radical (unpaired) electrons. The largest absolute Gasteiger partial charge is 0.464 e. The molecule has 2 rings (SSSR count). The number of rotatable bonds is 3. The zero-order valence-corrected chi connectivity index (χ0v) is 12.1. The molecular weight excluding hydrogens is 313 g/mol. The van der Waals surface area contributed by atoms with Gasteiger partial charge in [0.25, 0.3) is 0 Å². The first-order valence-corrected chi connectivity index (χ1v) is 6.36. The third-order valence-corrected chi connectivity index (χ3v) is 2.88. The van der Waals surface area contributed by atoms with Crippen LogP contribution in [0.2, 0.25) is 0 Å². The molecule has 1 heterocycles. The molecule has 0 aliphatic heterocycles.